The highest BCUT2D eigenvalue weighted by Crippen LogP contribution is 2.46. The monoisotopic (exact) mass is 412 g/mol. The van der Waals surface area contributed by atoms with Crippen LogP contribution in [0.2, 0.25) is 0 Å². The Labute approximate surface area is 163 Å². The van der Waals surface area contributed by atoms with Crippen LogP contribution < -0.4 is 5.32 Å². The van der Waals surface area contributed by atoms with Crippen LogP contribution in [0.25, 0.3) is 0 Å². The summed E-state index contributed by atoms with van der Waals surface area (Å²) in [7, 11) is 0. The number of nitrogens with one attached hydrogen (secondary N) is 2. The van der Waals surface area contributed by atoms with E-state index in [1.165, 1.54) is 17.2 Å². The minimum Gasteiger partial charge on any atom is -0.488 e. The van der Waals surface area contributed by atoms with Gasteiger partial charge in [0.2, 0.25) is 0 Å². The van der Waals surface area contributed by atoms with Crippen LogP contribution in [-0.4, -0.2) is 59.0 Å². The molecule has 3 rings (SSSR count). The minimum absolute atomic E-state index is 0.102. The molecule has 2 amide bonds. The van der Waals surface area contributed by atoms with Gasteiger partial charge in [0.1, 0.15) is 18.2 Å². The Balaban J connectivity index is 1.67. The van der Waals surface area contributed by atoms with Crippen molar-refractivity contribution >= 4 is 23.8 Å². The zero-order valence-electron chi connectivity index (χ0n) is 15.4. The number of pyridine rings is 1. The number of anilines is 1. The average Bonchev–Trinajstić information content (AvgIpc) is 3.20. The van der Waals surface area contributed by atoms with Crippen LogP contribution in [0.1, 0.15) is 22.8 Å². The highest BCUT2D eigenvalue weighted by molar-refractivity contribution is 6.01. The molecule has 2 aliphatic rings. The maximum Gasteiger partial charge on any atom is 0.422 e. The molecule has 8 nitrogen and oxygen atoms in total. The number of halogens is 3. The number of aromatic nitrogens is 1. The molecule has 1 aliphatic heterocycles. The number of aliphatic hydroxyl groups excluding tert-OH is 1. The van der Waals surface area contributed by atoms with E-state index in [2.05, 4.69) is 10.3 Å². The first-order valence-electron chi connectivity index (χ1n) is 8.75. The first-order valence-corrected chi connectivity index (χ1v) is 8.75. The van der Waals surface area contributed by atoms with Crippen LogP contribution in [0.5, 0.6) is 0 Å². The van der Waals surface area contributed by atoms with Crippen molar-refractivity contribution in [1.29, 1.82) is 5.41 Å². The van der Waals surface area contributed by atoms with Gasteiger partial charge >= 0.3 is 6.18 Å². The first-order chi connectivity index (χ1) is 13.7. The van der Waals surface area contributed by atoms with E-state index >= 15 is 0 Å². The van der Waals surface area contributed by atoms with Crippen LogP contribution in [0, 0.1) is 17.2 Å². The van der Waals surface area contributed by atoms with Gasteiger partial charge in [0.15, 0.2) is 6.61 Å². The number of aliphatic hydroxyl groups is 1. The SMILES string of the molecule is CC1=C(OCC(F)(F)F)C1C(C=N)CN1Cc2c(ccnc2NC(=O)CO)C1=O. The molecule has 0 fully saturated rings. The Morgan fingerprint density at radius 3 is 2.90 bits per heavy atom. The number of nitrogens with zero attached hydrogens (tertiary/aromatic N) is 2. The van der Waals surface area contributed by atoms with E-state index in [0.717, 1.165) is 6.21 Å². The Morgan fingerprint density at radius 1 is 1.55 bits per heavy atom. The summed E-state index contributed by atoms with van der Waals surface area (Å²) in [4.78, 5) is 29.6. The van der Waals surface area contributed by atoms with E-state index in [1.807, 2.05) is 0 Å². The normalized spacial score (nSPS) is 19.1. The lowest BCUT2D eigenvalue weighted by Gasteiger charge is -2.21. The summed E-state index contributed by atoms with van der Waals surface area (Å²) in [6.07, 6.45) is -1.99. The molecule has 0 saturated carbocycles. The van der Waals surface area contributed by atoms with Gasteiger partial charge in [-0.1, -0.05) is 0 Å². The number of ether oxygens (including phenoxy) is 1. The fourth-order valence-electron chi connectivity index (χ4n) is 3.43. The number of carbonyl (C=O) groups excluding carboxylic acids is 2. The molecule has 2 atom stereocenters. The van der Waals surface area contributed by atoms with E-state index in [1.54, 1.807) is 6.92 Å². The zero-order chi connectivity index (χ0) is 21.3. The number of fused-ring (bicyclic) bond motifs is 1. The second-order valence-electron chi connectivity index (χ2n) is 6.84. The first kappa shape index (κ1) is 20.8. The molecular weight excluding hydrogens is 393 g/mol. The molecule has 1 aliphatic carbocycles. The van der Waals surface area contributed by atoms with Crippen LogP contribution in [0.3, 0.4) is 0 Å². The number of allylic oxidation sites excluding steroid dienone is 2. The number of hydrogen-bond acceptors (Lipinski definition) is 6. The molecule has 1 aromatic heterocycles. The molecule has 1 aromatic rings. The van der Waals surface area contributed by atoms with Crippen molar-refractivity contribution in [2.45, 2.75) is 19.6 Å². The molecule has 3 N–H and O–H groups in total. The van der Waals surface area contributed by atoms with E-state index in [9.17, 15) is 22.8 Å². The summed E-state index contributed by atoms with van der Waals surface area (Å²) in [5.74, 6) is -1.60. The summed E-state index contributed by atoms with van der Waals surface area (Å²) in [6, 6.07) is 1.50. The standard InChI is InChI=1S/C18H19F3N4O4/c1-9-14(15(9)29-8-18(19,20)21)10(4-22)5-25-6-12-11(17(25)28)2-3-23-16(12)24-13(27)7-26/h2-4,10,14,22,26H,5-8H2,1H3,(H,23,24,27). The number of carbonyl (C=O) groups is 2. The summed E-state index contributed by atoms with van der Waals surface area (Å²) in [5.41, 5.74) is 1.45. The molecule has 0 bridgehead atoms. The highest BCUT2D eigenvalue weighted by atomic mass is 19.4. The van der Waals surface area contributed by atoms with Gasteiger partial charge in [-0.2, -0.15) is 13.2 Å². The Morgan fingerprint density at radius 2 is 2.28 bits per heavy atom. The summed E-state index contributed by atoms with van der Waals surface area (Å²) < 4.78 is 41.9. The summed E-state index contributed by atoms with van der Waals surface area (Å²) in [5, 5.41) is 19.0. The summed E-state index contributed by atoms with van der Waals surface area (Å²) in [6.45, 7) is -0.260. The quantitative estimate of drug-likeness (QED) is 0.563. The van der Waals surface area contributed by atoms with E-state index in [-0.39, 0.29) is 30.6 Å². The Bertz CT molecular complexity index is 884. The predicted octanol–water partition coefficient (Wildman–Crippen LogP) is 1.72. The molecule has 11 heteroatoms. The average molecular weight is 412 g/mol. The van der Waals surface area contributed by atoms with Gasteiger partial charge in [-0.05, 0) is 18.6 Å². The third-order valence-electron chi connectivity index (χ3n) is 4.84. The van der Waals surface area contributed by atoms with Crippen molar-refractivity contribution in [2.75, 3.05) is 25.1 Å². The number of rotatable bonds is 8. The molecular formula is C18H19F3N4O4. The molecule has 2 unspecified atom stereocenters. The second kappa shape index (κ2) is 7.82. The molecule has 2 heterocycles. The highest BCUT2D eigenvalue weighted by Gasteiger charge is 2.44. The van der Waals surface area contributed by atoms with Crippen molar-refractivity contribution in [3.63, 3.8) is 0 Å². The van der Waals surface area contributed by atoms with Crippen molar-refractivity contribution in [3.8, 4) is 0 Å². The summed E-state index contributed by atoms with van der Waals surface area (Å²) >= 11 is 0. The minimum atomic E-state index is -4.45. The van der Waals surface area contributed by atoms with Gasteiger partial charge < -0.3 is 25.5 Å². The molecule has 0 aromatic carbocycles. The van der Waals surface area contributed by atoms with Gasteiger partial charge in [-0.25, -0.2) is 4.98 Å². The van der Waals surface area contributed by atoms with Crippen LogP contribution >= 0.6 is 0 Å². The lowest BCUT2D eigenvalue weighted by atomic mass is 10.0. The predicted molar refractivity (Wildman–Crippen MR) is 95.2 cm³/mol. The Kier molecular flexibility index (Phi) is 5.60. The lowest BCUT2D eigenvalue weighted by molar-refractivity contribution is -0.164. The zero-order valence-corrected chi connectivity index (χ0v) is 15.4. The number of alkyl halides is 3. The van der Waals surface area contributed by atoms with E-state index in [0.29, 0.717) is 16.7 Å². The lowest BCUT2D eigenvalue weighted by Crippen LogP contribution is -2.32. The van der Waals surface area contributed by atoms with E-state index < -0.39 is 37.1 Å². The molecule has 29 heavy (non-hydrogen) atoms. The van der Waals surface area contributed by atoms with Crippen LogP contribution in [0.4, 0.5) is 19.0 Å². The van der Waals surface area contributed by atoms with Gasteiger partial charge in [-0.3, -0.25) is 9.59 Å². The molecule has 156 valence electrons. The van der Waals surface area contributed by atoms with Gasteiger partial charge in [0.05, 0.1) is 12.5 Å². The van der Waals surface area contributed by atoms with Crippen LogP contribution in [-0.2, 0) is 16.1 Å². The number of amides is 2. The Hall–Kier alpha value is -2.95. The van der Waals surface area contributed by atoms with Gasteiger partial charge in [-0.15, -0.1) is 0 Å². The van der Waals surface area contributed by atoms with Gasteiger partial charge in [0, 0.05) is 36.0 Å². The number of hydrogen-bond donors (Lipinski definition) is 3. The van der Waals surface area contributed by atoms with Crippen molar-refractivity contribution in [1.82, 2.24) is 9.88 Å². The molecule has 0 saturated heterocycles. The van der Waals surface area contributed by atoms with Crippen molar-refractivity contribution < 1.29 is 32.6 Å². The second-order valence-corrected chi connectivity index (χ2v) is 6.84. The van der Waals surface area contributed by atoms with Gasteiger partial charge in [0.25, 0.3) is 11.8 Å². The maximum absolute atomic E-state index is 12.7. The van der Waals surface area contributed by atoms with Crippen molar-refractivity contribution in [3.05, 3.63) is 34.7 Å². The fraction of sp³-hybridized carbons (Fsp3) is 0.444. The molecule has 0 spiro atoms. The van der Waals surface area contributed by atoms with Crippen LogP contribution in [0.15, 0.2) is 23.6 Å². The van der Waals surface area contributed by atoms with Crippen molar-refractivity contribution in [2.24, 2.45) is 11.8 Å². The maximum atomic E-state index is 12.7. The third-order valence-corrected chi connectivity index (χ3v) is 4.84. The smallest absolute Gasteiger partial charge is 0.422 e. The fourth-order valence-corrected chi connectivity index (χ4v) is 3.43. The largest absolute Gasteiger partial charge is 0.488 e. The third kappa shape index (κ3) is 4.39. The topological polar surface area (TPSA) is 116 Å². The van der Waals surface area contributed by atoms with E-state index in [4.69, 9.17) is 15.3 Å². The molecule has 0 radical (unpaired) electrons.